The van der Waals surface area contributed by atoms with Crippen LogP contribution in [-0.2, 0) is 0 Å². The molecule has 1 aliphatic carbocycles. The molecule has 1 saturated carbocycles. The highest BCUT2D eigenvalue weighted by molar-refractivity contribution is 4.79. The summed E-state index contributed by atoms with van der Waals surface area (Å²) < 4.78 is 0. The Morgan fingerprint density at radius 2 is 1.67 bits per heavy atom. The molecule has 2 fully saturated rings. The van der Waals surface area contributed by atoms with Crippen molar-refractivity contribution in [3.05, 3.63) is 0 Å². The van der Waals surface area contributed by atoms with Gasteiger partial charge in [0, 0.05) is 13.1 Å². The molecule has 2 aliphatic rings. The zero-order valence-electron chi connectivity index (χ0n) is 14.8. The van der Waals surface area contributed by atoms with Crippen molar-refractivity contribution < 1.29 is 0 Å². The molecule has 1 saturated heterocycles. The fourth-order valence-corrected chi connectivity index (χ4v) is 4.18. The van der Waals surface area contributed by atoms with Crippen molar-refractivity contribution in [3.8, 4) is 0 Å². The van der Waals surface area contributed by atoms with Crippen molar-refractivity contribution in [1.29, 1.82) is 0 Å². The SMILES string of the molecule is CC(C)(C)C1CCCN(CCNCC2CCCCC2)CC1. The summed E-state index contributed by atoms with van der Waals surface area (Å²) in [5.74, 6) is 1.88. The second-order valence-corrected chi connectivity index (χ2v) is 8.54. The van der Waals surface area contributed by atoms with Crippen LogP contribution in [0.3, 0.4) is 0 Å². The van der Waals surface area contributed by atoms with Gasteiger partial charge in [-0.3, -0.25) is 0 Å². The summed E-state index contributed by atoms with van der Waals surface area (Å²) >= 11 is 0. The zero-order chi connectivity index (χ0) is 15.1. The van der Waals surface area contributed by atoms with Crippen molar-refractivity contribution in [3.63, 3.8) is 0 Å². The number of hydrogen-bond donors (Lipinski definition) is 1. The Hall–Kier alpha value is -0.0800. The minimum Gasteiger partial charge on any atom is -0.315 e. The number of nitrogens with zero attached hydrogens (tertiary/aromatic N) is 1. The van der Waals surface area contributed by atoms with Crippen LogP contribution in [0.25, 0.3) is 0 Å². The predicted octanol–water partition coefficient (Wildman–Crippen LogP) is 4.30. The molecule has 124 valence electrons. The normalized spacial score (nSPS) is 26.7. The van der Waals surface area contributed by atoms with Crippen molar-refractivity contribution in [2.75, 3.05) is 32.7 Å². The van der Waals surface area contributed by atoms with Gasteiger partial charge in [-0.2, -0.15) is 0 Å². The largest absolute Gasteiger partial charge is 0.315 e. The van der Waals surface area contributed by atoms with Crippen LogP contribution in [0, 0.1) is 17.3 Å². The Labute approximate surface area is 133 Å². The molecule has 2 nitrogen and oxygen atoms in total. The molecule has 1 aliphatic heterocycles. The van der Waals surface area contributed by atoms with Crippen LogP contribution in [-0.4, -0.2) is 37.6 Å². The first-order valence-electron chi connectivity index (χ1n) is 9.49. The van der Waals surface area contributed by atoms with E-state index < -0.39 is 0 Å². The Morgan fingerprint density at radius 3 is 2.38 bits per heavy atom. The molecule has 1 atom stereocenters. The summed E-state index contributed by atoms with van der Waals surface area (Å²) in [6.45, 7) is 13.6. The van der Waals surface area contributed by atoms with E-state index in [0.717, 1.165) is 11.8 Å². The highest BCUT2D eigenvalue weighted by Gasteiger charge is 2.26. The first-order chi connectivity index (χ1) is 10.1. The highest BCUT2D eigenvalue weighted by atomic mass is 15.1. The highest BCUT2D eigenvalue weighted by Crippen LogP contribution is 2.34. The smallest absolute Gasteiger partial charge is 0.0107 e. The third-order valence-corrected chi connectivity index (χ3v) is 5.81. The van der Waals surface area contributed by atoms with Gasteiger partial charge < -0.3 is 10.2 Å². The molecule has 0 aromatic carbocycles. The van der Waals surface area contributed by atoms with Crippen LogP contribution in [0.15, 0.2) is 0 Å². The first-order valence-corrected chi connectivity index (χ1v) is 9.49. The summed E-state index contributed by atoms with van der Waals surface area (Å²) in [7, 11) is 0. The molecule has 0 radical (unpaired) electrons. The lowest BCUT2D eigenvalue weighted by Crippen LogP contribution is -2.35. The molecule has 0 bridgehead atoms. The lowest BCUT2D eigenvalue weighted by Gasteiger charge is -2.30. The van der Waals surface area contributed by atoms with Crippen molar-refractivity contribution in [1.82, 2.24) is 10.2 Å². The number of nitrogens with one attached hydrogen (secondary N) is 1. The van der Waals surface area contributed by atoms with E-state index in [4.69, 9.17) is 0 Å². The van der Waals surface area contributed by atoms with Crippen LogP contribution >= 0.6 is 0 Å². The van der Waals surface area contributed by atoms with Crippen molar-refractivity contribution >= 4 is 0 Å². The maximum atomic E-state index is 3.72. The second-order valence-electron chi connectivity index (χ2n) is 8.54. The van der Waals surface area contributed by atoms with Gasteiger partial charge in [0.1, 0.15) is 0 Å². The zero-order valence-corrected chi connectivity index (χ0v) is 14.8. The van der Waals surface area contributed by atoms with Gasteiger partial charge in [0.25, 0.3) is 0 Å². The average Bonchev–Trinajstić information content (AvgIpc) is 2.70. The molecule has 0 aromatic rings. The number of likely N-dealkylation sites (tertiary alicyclic amines) is 1. The molecule has 1 N–H and O–H groups in total. The average molecular weight is 295 g/mol. The molecule has 1 heterocycles. The molecule has 0 aromatic heterocycles. The second kappa shape index (κ2) is 8.53. The van der Waals surface area contributed by atoms with Crippen molar-refractivity contribution in [2.45, 2.75) is 72.1 Å². The fourth-order valence-electron chi connectivity index (χ4n) is 4.18. The van der Waals surface area contributed by atoms with Gasteiger partial charge in [-0.25, -0.2) is 0 Å². The van der Waals surface area contributed by atoms with Crippen LogP contribution < -0.4 is 5.32 Å². The molecule has 2 rings (SSSR count). The van der Waals surface area contributed by atoms with E-state index in [9.17, 15) is 0 Å². The van der Waals surface area contributed by atoms with E-state index in [-0.39, 0.29) is 0 Å². The van der Waals surface area contributed by atoms with Gasteiger partial charge in [-0.15, -0.1) is 0 Å². The van der Waals surface area contributed by atoms with E-state index in [2.05, 4.69) is 31.0 Å². The first kappa shape index (κ1) is 17.3. The molecular weight excluding hydrogens is 256 g/mol. The molecule has 1 unspecified atom stereocenters. The Bertz CT molecular complexity index is 276. The number of rotatable bonds is 5. The van der Waals surface area contributed by atoms with E-state index in [1.165, 1.54) is 84.1 Å². The minimum atomic E-state index is 0.495. The fraction of sp³-hybridized carbons (Fsp3) is 1.00. The van der Waals surface area contributed by atoms with E-state index >= 15 is 0 Å². The molecule has 0 spiro atoms. The van der Waals surface area contributed by atoms with Gasteiger partial charge in [0.05, 0.1) is 0 Å². The van der Waals surface area contributed by atoms with E-state index in [1.807, 2.05) is 0 Å². The summed E-state index contributed by atoms with van der Waals surface area (Å²) in [6.07, 6.45) is 11.5. The van der Waals surface area contributed by atoms with Crippen LogP contribution in [0.1, 0.15) is 72.1 Å². The van der Waals surface area contributed by atoms with Gasteiger partial charge in [0.2, 0.25) is 0 Å². The molecule has 2 heteroatoms. The molecule has 21 heavy (non-hydrogen) atoms. The monoisotopic (exact) mass is 294 g/mol. The summed E-state index contributed by atoms with van der Waals surface area (Å²) in [5, 5.41) is 3.72. The lowest BCUT2D eigenvalue weighted by molar-refractivity contribution is 0.207. The van der Waals surface area contributed by atoms with Gasteiger partial charge >= 0.3 is 0 Å². The summed E-state index contributed by atoms with van der Waals surface area (Å²) in [6, 6.07) is 0. The van der Waals surface area contributed by atoms with Crippen LogP contribution in [0.2, 0.25) is 0 Å². The molecular formula is C19H38N2. The Morgan fingerprint density at radius 1 is 0.905 bits per heavy atom. The number of hydrogen-bond acceptors (Lipinski definition) is 2. The maximum Gasteiger partial charge on any atom is 0.0107 e. The maximum absolute atomic E-state index is 3.72. The predicted molar refractivity (Wildman–Crippen MR) is 92.7 cm³/mol. The van der Waals surface area contributed by atoms with Gasteiger partial charge in [0.15, 0.2) is 0 Å². The van der Waals surface area contributed by atoms with E-state index in [0.29, 0.717) is 5.41 Å². The summed E-state index contributed by atoms with van der Waals surface area (Å²) in [4.78, 5) is 2.69. The quantitative estimate of drug-likeness (QED) is 0.760. The minimum absolute atomic E-state index is 0.495. The van der Waals surface area contributed by atoms with Crippen LogP contribution in [0.4, 0.5) is 0 Å². The Kier molecular flexibility index (Phi) is 7.01. The standard InChI is InChI=1S/C19H38N2/c1-19(2,3)18-10-7-13-21(14-11-18)15-12-20-16-17-8-5-4-6-9-17/h17-18,20H,4-16H2,1-3H3. The van der Waals surface area contributed by atoms with Crippen LogP contribution in [0.5, 0.6) is 0 Å². The topological polar surface area (TPSA) is 15.3 Å². The van der Waals surface area contributed by atoms with Crippen molar-refractivity contribution in [2.24, 2.45) is 17.3 Å². The Balaban J connectivity index is 1.58. The third kappa shape index (κ3) is 6.28. The van der Waals surface area contributed by atoms with Gasteiger partial charge in [-0.05, 0) is 69.0 Å². The lowest BCUT2D eigenvalue weighted by atomic mass is 9.77. The summed E-state index contributed by atoms with van der Waals surface area (Å²) in [5.41, 5.74) is 0.495. The van der Waals surface area contributed by atoms with Gasteiger partial charge in [-0.1, -0.05) is 40.0 Å². The molecule has 0 amide bonds. The third-order valence-electron chi connectivity index (χ3n) is 5.81. The van der Waals surface area contributed by atoms with E-state index in [1.54, 1.807) is 0 Å².